The Morgan fingerprint density at radius 2 is 1.94 bits per heavy atom. The molecule has 3 unspecified atom stereocenters. The molecule has 0 aromatic carbocycles. The Bertz CT molecular complexity index is 247. The minimum atomic E-state index is 0.449. The minimum absolute atomic E-state index is 0.449. The molecule has 0 aromatic heterocycles. The van der Waals surface area contributed by atoms with Gasteiger partial charge in [0.15, 0.2) is 0 Å². The maximum absolute atomic E-state index is 6.33. The third-order valence-electron chi connectivity index (χ3n) is 5.05. The molecule has 18 heavy (non-hydrogen) atoms. The number of nitrogens with one attached hydrogen (secondary N) is 1. The summed E-state index contributed by atoms with van der Waals surface area (Å²) in [5.74, 6) is 0. The highest BCUT2D eigenvalue weighted by molar-refractivity contribution is 5.10. The van der Waals surface area contributed by atoms with Crippen LogP contribution in [-0.4, -0.2) is 24.8 Å². The minimum Gasteiger partial charge on any atom is -0.375 e. The van der Waals surface area contributed by atoms with Crippen molar-refractivity contribution >= 4 is 0 Å². The molecule has 0 amide bonds. The van der Waals surface area contributed by atoms with Crippen LogP contribution in [0.4, 0.5) is 0 Å². The van der Waals surface area contributed by atoms with Crippen LogP contribution in [0.5, 0.6) is 0 Å². The van der Waals surface area contributed by atoms with Crippen LogP contribution in [0.3, 0.4) is 0 Å². The van der Waals surface area contributed by atoms with Gasteiger partial charge >= 0.3 is 0 Å². The van der Waals surface area contributed by atoms with Crippen molar-refractivity contribution in [1.29, 1.82) is 0 Å². The Morgan fingerprint density at radius 3 is 2.56 bits per heavy atom. The Labute approximate surface area is 113 Å². The number of hydrogen-bond acceptors (Lipinski definition) is 2. The van der Waals surface area contributed by atoms with Gasteiger partial charge in [-0.3, -0.25) is 0 Å². The molecule has 2 heteroatoms. The highest BCUT2D eigenvalue weighted by atomic mass is 16.5. The Balaban J connectivity index is 1.88. The zero-order valence-electron chi connectivity index (χ0n) is 12.5. The zero-order valence-corrected chi connectivity index (χ0v) is 12.5. The third-order valence-corrected chi connectivity index (χ3v) is 5.05. The number of rotatable bonds is 7. The van der Waals surface area contributed by atoms with E-state index in [4.69, 9.17) is 4.74 Å². The van der Waals surface area contributed by atoms with E-state index in [9.17, 15) is 0 Å². The zero-order chi connectivity index (χ0) is 13.0. The largest absolute Gasteiger partial charge is 0.375 e. The van der Waals surface area contributed by atoms with E-state index in [1.54, 1.807) is 0 Å². The molecule has 1 N–H and O–H groups in total. The standard InChI is InChI=1S/C16H31NO/c1-4-8-13(3)18-15-12-14(17-11-5-2)16(15)9-6-7-10-16/h13-15,17H,4-12H2,1-3H3. The highest BCUT2D eigenvalue weighted by Crippen LogP contribution is 2.55. The van der Waals surface area contributed by atoms with Crippen molar-refractivity contribution in [1.82, 2.24) is 5.32 Å². The van der Waals surface area contributed by atoms with Crippen molar-refractivity contribution in [3.63, 3.8) is 0 Å². The fourth-order valence-corrected chi connectivity index (χ4v) is 4.00. The van der Waals surface area contributed by atoms with Crippen LogP contribution in [0.2, 0.25) is 0 Å². The molecular formula is C16H31NO. The van der Waals surface area contributed by atoms with Crippen LogP contribution in [-0.2, 0) is 4.74 Å². The summed E-state index contributed by atoms with van der Waals surface area (Å²) in [5, 5.41) is 3.76. The van der Waals surface area contributed by atoms with Gasteiger partial charge in [0.1, 0.15) is 0 Å². The predicted molar refractivity (Wildman–Crippen MR) is 76.8 cm³/mol. The second-order valence-electron chi connectivity index (χ2n) is 6.41. The number of hydrogen-bond donors (Lipinski definition) is 1. The molecule has 1 spiro atoms. The molecule has 2 rings (SSSR count). The molecule has 0 saturated heterocycles. The summed E-state index contributed by atoms with van der Waals surface area (Å²) in [6, 6.07) is 0.735. The number of ether oxygens (including phenoxy) is 1. The van der Waals surface area contributed by atoms with Gasteiger partial charge in [-0.2, -0.15) is 0 Å². The molecule has 0 aromatic rings. The topological polar surface area (TPSA) is 21.3 Å². The molecular weight excluding hydrogens is 222 g/mol. The quantitative estimate of drug-likeness (QED) is 0.743. The first-order valence-electron chi connectivity index (χ1n) is 8.11. The lowest BCUT2D eigenvalue weighted by molar-refractivity contribution is -0.157. The first-order chi connectivity index (χ1) is 8.73. The van der Waals surface area contributed by atoms with E-state index >= 15 is 0 Å². The van der Waals surface area contributed by atoms with Crippen LogP contribution in [0.25, 0.3) is 0 Å². The second kappa shape index (κ2) is 6.38. The lowest BCUT2D eigenvalue weighted by atomic mass is 9.60. The maximum atomic E-state index is 6.33. The van der Waals surface area contributed by atoms with Gasteiger partial charge in [0.2, 0.25) is 0 Å². The van der Waals surface area contributed by atoms with Gasteiger partial charge in [-0.1, -0.05) is 33.1 Å². The van der Waals surface area contributed by atoms with E-state index in [1.807, 2.05) is 0 Å². The van der Waals surface area contributed by atoms with E-state index in [0.717, 1.165) is 6.04 Å². The van der Waals surface area contributed by atoms with Crippen LogP contribution in [0.1, 0.15) is 72.1 Å². The monoisotopic (exact) mass is 253 g/mol. The van der Waals surface area contributed by atoms with Gasteiger partial charge in [0, 0.05) is 11.5 Å². The third kappa shape index (κ3) is 2.75. The molecule has 106 valence electrons. The molecule has 2 aliphatic rings. The van der Waals surface area contributed by atoms with Gasteiger partial charge in [0.05, 0.1) is 12.2 Å². The average molecular weight is 253 g/mol. The Kier molecular flexibility index (Phi) is 5.08. The first kappa shape index (κ1) is 14.3. The first-order valence-corrected chi connectivity index (χ1v) is 8.11. The summed E-state index contributed by atoms with van der Waals surface area (Å²) < 4.78 is 6.33. The predicted octanol–water partition coefficient (Wildman–Crippen LogP) is 3.89. The summed E-state index contributed by atoms with van der Waals surface area (Å²) in [7, 11) is 0. The fraction of sp³-hybridized carbons (Fsp3) is 1.00. The van der Waals surface area contributed by atoms with Crippen molar-refractivity contribution in [3.05, 3.63) is 0 Å². The Hall–Kier alpha value is -0.0800. The normalized spacial score (nSPS) is 31.5. The molecule has 2 fully saturated rings. The van der Waals surface area contributed by atoms with Crippen LogP contribution >= 0.6 is 0 Å². The molecule has 2 nitrogen and oxygen atoms in total. The van der Waals surface area contributed by atoms with E-state index < -0.39 is 0 Å². The summed E-state index contributed by atoms with van der Waals surface area (Å²) in [6.45, 7) is 7.92. The molecule has 2 aliphatic carbocycles. The van der Waals surface area contributed by atoms with Crippen molar-refractivity contribution in [2.24, 2.45) is 5.41 Å². The second-order valence-corrected chi connectivity index (χ2v) is 6.41. The van der Waals surface area contributed by atoms with Gasteiger partial charge in [0.25, 0.3) is 0 Å². The molecule has 2 saturated carbocycles. The van der Waals surface area contributed by atoms with Crippen LogP contribution in [0.15, 0.2) is 0 Å². The molecule has 3 atom stereocenters. The molecule has 0 radical (unpaired) electrons. The van der Waals surface area contributed by atoms with Crippen molar-refractivity contribution in [2.45, 2.75) is 90.4 Å². The molecule has 0 heterocycles. The maximum Gasteiger partial charge on any atom is 0.0664 e. The summed E-state index contributed by atoms with van der Waals surface area (Å²) in [5.41, 5.74) is 0.497. The summed E-state index contributed by atoms with van der Waals surface area (Å²) in [4.78, 5) is 0. The van der Waals surface area contributed by atoms with Crippen LogP contribution in [0, 0.1) is 5.41 Å². The van der Waals surface area contributed by atoms with Gasteiger partial charge in [-0.15, -0.1) is 0 Å². The van der Waals surface area contributed by atoms with Gasteiger partial charge in [-0.25, -0.2) is 0 Å². The van der Waals surface area contributed by atoms with Crippen molar-refractivity contribution in [2.75, 3.05) is 6.54 Å². The fourth-order valence-electron chi connectivity index (χ4n) is 4.00. The Morgan fingerprint density at radius 1 is 1.22 bits per heavy atom. The van der Waals surface area contributed by atoms with Gasteiger partial charge < -0.3 is 10.1 Å². The van der Waals surface area contributed by atoms with E-state index in [2.05, 4.69) is 26.1 Å². The molecule has 0 bridgehead atoms. The lowest BCUT2D eigenvalue weighted by Crippen LogP contribution is -2.63. The highest BCUT2D eigenvalue weighted by Gasteiger charge is 2.56. The molecule has 0 aliphatic heterocycles. The van der Waals surface area contributed by atoms with Crippen LogP contribution < -0.4 is 5.32 Å². The van der Waals surface area contributed by atoms with Crippen molar-refractivity contribution in [3.8, 4) is 0 Å². The van der Waals surface area contributed by atoms with E-state index in [0.29, 0.717) is 17.6 Å². The lowest BCUT2D eigenvalue weighted by Gasteiger charge is -2.55. The average Bonchev–Trinajstić information content (AvgIpc) is 2.85. The summed E-state index contributed by atoms with van der Waals surface area (Å²) >= 11 is 0. The van der Waals surface area contributed by atoms with Gasteiger partial charge in [-0.05, 0) is 45.6 Å². The smallest absolute Gasteiger partial charge is 0.0664 e. The SMILES string of the molecule is CCCNC1CC(OC(C)CCC)C12CCCC2. The van der Waals surface area contributed by atoms with E-state index in [-0.39, 0.29) is 0 Å². The summed E-state index contributed by atoms with van der Waals surface area (Å²) in [6.07, 6.45) is 11.5. The van der Waals surface area contributed by atoms with Crippen molar-refractivity contribution < 1.29 is 4.74 Å². The van der Waals surface area contributed by atoms with E-state index in [1.165, 1.54) is 57.9 Å².